The van der Waals surface area contributed by atoms with Gasteiger partial charge in [-0.2, -0.15) is 11.8 Å². The molecule has 0 radical (unpaired) electrons. The molecule has 0 amide bonds. The van der Waals surface area contributed by atoms with Crippen molar-refractivity contribution in [3.05, 3.63) is 0 Å². The molecule has 0 bridgehead atoms. The van der Waals surface area contributed by atoms with E-state index in [2.05, 4.69) is 37.6 Å². The molecule has 1 heterocycles. The molecule has 0 spiro atoms. The number of hydrogen-bond donors (Lipinski definition) is 1. The maximum absolute atomic E-state index is 5.89. The van der Waals surface area contributed by atoms with Crippen LogP contribution >= 0.6 is 11.8 Å². The number of likely N-dealkylation sites (N-methyl/N-ethyl adjacent to an activating group) is 1. The quantitative estimate of drug-likeness (QED) is 0.737. The number of thioether (sulfide) groups is 1. The van der Waals surface area contributed by atoms with Crippen molar-refractivity contribution in [2.75, 3.05) is 38.2 Å². The Bertz CT molecular complexity index is 184. The van der Waals surface area contributed by atoms with Gasteiger partial charge in [-0.05, 0) is 44.7 Å². The fraction of sp³-hybridized carbons (Fsp3) is 1.00. The van der Waals surface area contributed by atoms with Crippen molar-refractivity contribution < 1.29 is 4.74 Å². The summed E-state index contributed by atoms with van der Waals surface area (Å²) in [7, 11) is 2.17. The van der Waals surface area contributed by atoms with Gasteiger partial charge in [-0.15, -0.1) is 0 Å². The van der Waals surface area contributed by atoms with Crippen LogP contribution in [-0.4, -0.2) is 55.3 Å². The molecular formula is C12H26N2OS. The minimum atomic E-state index is 0.326. The number of nitrogens with zero attached hydrogens (tertiary/aromatic N) is 1. The maximum Gasteiger partial charge on any atom is 0.0596 e. The van der Waals surface area contributed by atoms with E-state index in [-0.39, 0.29) is 0 Å². The van der Waals surface area contributed by atoms with Gasteiger partial charge in [0, 0.05) is 19.1 Å². The zero-order valence-electron chi connectivity index (χ0n) is 10.8. The van der Waals surface area contributed by atoms with Gasteiger partial charge in [0.1, 0.15) is 0 Å². The van der Waals surface area contributed by atoms with Crippen molar-refractivity contribution in [3.63, 3.8) is 0 Å². The van der Waals surface area contributed by atoms with Crippen molar-refractivity contribution >= 4 is 11.8 Å². The fourth-order valence-corrected chi connectivity index (χ4v) is 3.51. The molecule has 0 aromatic rings. The average molecular weight is 246 g/mol. The first-order valence-corrected chi connectivity index (χ1v) is 7.40. The summed E-state index contributed by atoms with van der Waals surface area (Å²) in [5.74, 6) is 3.36. The zero-order valence-corrected chi connectivity index (χ0v) is 11.6. The first-order valence-electron chi connectivity index (χ1n) is 6.24. The van der Waals surface area contributed by atoms with Gasteiger partial charge in [0.25, 0.3) is 0 Å². The molecular weight excluding hydrogens is 220 g/mol. The van der Waals surface area contributed by atoms with Gasteiger partial charge in [-0.25, -0.2) is 0 Å². The summed E-state index contributed by atoms with van der Waals surface area (Å²) in [6.07, 6.45) is 1.65. The smallest absolute Gasteiger partial charge is 0.0596 e. The van der Waals surface area contributed by atoms with Crippen LogP contribution in [0.3, 0.4) is 0 Å². The van der Waals surface area contributed by atoms with Crippen LogP contribution in [0.4, 0.5) is 0 Å². The Morgan fingerprint density at radius 1 is 1.50 bits per heavy atom. The van der Waals surface area contributed by atoms with E-state index in [1.807, 2.05) is 0 Å². The van der Waals surface area contributed by atoms with Gasteiger partial charge in [-0.3, -0.25) is 4.90 Å². The zero-order chi connectivity index (χ0) is 12.0. The standard InChI is InChI=1S/C12H26N2OS/c1-10(2)15-6-5-14(3)12(8-13)11-4-7-16-9-11/h10-12H,4-9,13H2,1-3H3. The van der Waals surface area contributed by atoms with Crippen LogP contribution < -0.4 is 5.73 Å². The lowest BCUT2D eigenvalue weighted by Crippen LogP contribution is -2.45. The second-order valence-electron chi connectivity index (χ2n) is 4.83. The van der Waals surface area contributed by atoms with Crippen LogP contribution in [0.25, 0.3) is 0 Å². The molecule has 1 aliphatic heterocycles. The Hall–Kier alpha value is 0.230. The summed E-state index contributed by atoms with van der Waals surface area (Å²) in [4.78, 5) is 2.37. The molecule has 4 heteroatoms. The summed E-state index contributed by atoms with van der Waals surface area (Å²) in [6, 6.07) is 0.533. The highest BCUT2D eigenvalue weighted by Gasteiger charge is 2.27. The van der Waals surface area contributed by atoms with Crippen molar-refractivity contribution in [3.8, 4) is 0 Å². The minimum Gasteiger partial charge on any atom is -0.377 e. The Labute approximate surface area is 104 Å². The molecule has 1 aliphatic rings. The molecule has 2 unspecified atom stereocenters. The molecule has 1 rings (SSSR count). The molecule has 0 aliphatic carbocycles. The predicted molar refractivity (Wildman–Crippen MR) is 72.0 cm³/mol. The first-order chi connectivity index (χ1) is 7.65. The van der Waals surface area contributed by atoms with Crippen molar-refractivity contribution in [1.29, 1.82) is 0 Å². The van der Waals surface area contributed by atoms with Crippen LogP contribution in [0.15, 0.2) is 0 Å². The fourth-order valence-electron chi connectivity index (χ4n) is 2.19. The Balaban J connectivity index is 2.28. The second-order valence-corrected chi connectivity index (χ2v) is 5.98. The Morgan fingerprint density at radius 3 is 2.75 bits per heavy atom. The van der Waals surface area contributed by atoms with E-state index in [9.17, 15) is 0 Å². The van der Waals surface area contributed by atoms with Gasteiger partial charge < -0.3 is 10.5 Å². The highest BCUT2D eigenvalue weighted by Crippen LogP contribution is 2.27. The molecule has 0 aromatic carbocycles. The van der Waals surface area contributed by atoms with Crippen molar-refractivity contribution in [2.24, 2.45) is 11.7 Å². The van der Waals surface area contributed by atoms with E-state index in [1.54, 1.807) is 0 Å². The van der Waals surface area contributed by atoms with Gasteiger partial charge in [0.05, 0.1) is 12.7 Å². The van der Waals surface area contributed by atoms with Crippen LogP contribution in [0.1, 0.15) is 20.3 Å². The summed E-state index contributed by atoms with van der Waals surface area (Å²) in [5, 5.41) is 0. The molecule has 0 aromatic heterocycles. The van der Waals surface area contributed by atoms with Crippen LogP contribution in [0.2, 0.25) is 0 Å². The van der Waals surface area contributed by atoms with Crippen molar-refractivity contribution in [2.45, 2.75) is 32.4 Å². The third-order valence-electron chi connectivity index (χ3n) is 3.21. The van der Waals surface area contributed by atoms with E-state index >= 15 is 0 Å². The number of ether oxygens (including phenoxy) is 1. The van der Waals surface area contributed by atoms with E-state index in [4.69, 9.17) is 10.5 Å². The lowest BCUT2D eigenvalue weighted by Gasteiger charge is -2.31. The SMILES string of the molecule is CC(C)OCCN(C)C(CN)C1CCSC1. The Morgan fingerprint density at radius 2 is 2.25 bits per heavy atom. The summed E-state index contributed by atoms with van der Waals surface area (Å²) in [5.41, 5.74) is 5.89. The highest BCUT2D eigenvalue weighted by atomic mass is 32.2. The summed E-state index contributed by atoms with van der Waals surface area (Å²) >= 11 is 2.06. The number of rotatable bonds is 7. The molecule has 16 heavy (non-hydrogen) atoms. The van der Waals surface area contributed by atoms with E-state index < -0.39 is 0 Å². The van der Waals surface area contributed by atoms with Crippen LogP contribution in [0, 0.1) is 5.92 Å². The minimum absolute atomic E-state index is 0.326. The van der Waals surface area contributed by atoms with Crippen molar-refractivity contribution in [1.82, 2.24) is 4.90 Å². The van der Waals surface area contributed by atoms with Gasteiger partial charge >= 0.3 is 0 Å². The van der Waals surface area contributed by atoms with Crippen LogP contribution in [0.5, 0.6) is 0 Å². The summed E-state index contributed by atoms with van der Waals surface area (Å²) in [6.45, 7) is 6.72. The average Bonchev–Trinajstić information content (AvgIpc) is 2.71. The van der Waals surface area contributed by atoms with E-state index in [0.717, 1.165) is 25.6 Å². The third kappa shape index (κ3) is 4.62. The van der Waals surface area contributed by atoms with E-state index in [0.29, 0.717) is 12.1 Å². The van der Waals surface area contributed by atoms with Gasteiger partial charge in [0.2, 0.25) is 0 Å². The molecule has 1 fully saturated rings. The third-order valence-corrected chi connectivity index (χ3v) is 4.40. The monoisotopic (exact) mass is 246 g/mol. The summed E-state index contributed by atoms with van der Waals surface area (Å²) < 4.78 is 5.58. The lowest BCUT2D eigenvalue weighted by molar-refractivity contribution is 0.0511. The number of hydrogen-bond acceptors (Lipinski definition) is 4. The number of nitrogens with two attached hydrogens (primary N) is 1. The van der Waals surface area contributed by atoms with Gasteiger partial charge in [-0.1, -0.05) is 0 Å². The Kier molecular flexibility index (Phi) is 6.73. The molecule has 3 nitrogen and oxygen atoms in total. The van der Waals surface area contributed by atoms with Crippen LogP contribution in [-0.2, 0) is 4.74 Å². The highest BCUT2D eigenvalue weighted by molar-refractivity contribution is 7.99. The topological polar surface area (TPSA) is 38.5 Å². The normalized spacial score (nSPS) is 23.2. The molecule has 1 saturated heterocycles. The lowest BCUT2D eigenvalue weighted by atomic mass is 9.98. The molecule has 0 saturated carbocycles. The maximum atomic E-state index is 5.89. The van der Waals surface area contributed by atoms with E-state index in [1.165, 1.54) is 17.9 Å². The molecule has 2 N–H and O–H groups in total. The molecule has 2 atom stereocenters. The first kappa shape index (κ1) is 14.3. The second kappa shape index (κ2) is 7.54. The molecule has 96 valence electrons. The predicted octanol–water partition coefficient (Wildman–Crippen LogP) is 1.42. The van der Waals surface area contributed by atoms with Gasteiger partial charge in [0.15, 0.2) is 0 Å². The largest absolute Gasteiger partial charge is 0.377 e.